The van der Waals surface area contributed by atoms with Crippen molar-refractivity contribution in [3.8, 4) is 0 Å². The summed E-state index contributed by atoms with van der Waals surface area (Å²) in [6.45, 7) is 0. The Hall–Kier alpha value is -1.82. The third-order valence-electron chi connectivity index (χ3n) is 3.27. The Bertz CT molecular complexity index is 832. The van der Waals surface area contributed by atoms with Crippen molar-refractivity contribution in [2.75, 3.05) is 5.75 Å². The monoisotopic (exact) mass is 364 g/mol. The molecule has 0 unspecified atom stereocenters. The highest BCUT2D eigenvalue weighted by atomic mass is 35.5. The van der Waals surface area contributed by atoms with Crippen molar-refractivity contribution in [3.63, 3.8) is 0 Å². The molecule has 0 aliphatic carbocycles. The van der Waals surface area contributed by atoms with Gasteiger partial charge in [0.15, 0.2) is 0 Å². The van der Waals surface area contributed by atoms with Crippen LogP contribution in [0.4, 0.5) is 11.4 Å². The van der Waals surface area contributed by atoms with Crippen LogP contribution in [0.15, 0.2) is 57.9 Å². The zero-order valence-electron chi connectivity index (χ0n) is 11.7. The average molecular weight is 365 g/mol. The highest BCUT2D eigenvalue weighted by molar-refractivity contribution is 7.99. The molecule has 0 aromatic heterocycles. The van der Waals surface area contributed by atoms with Gasteiger partial charge in [-0.05, 0) is 35.9 Å². The molecule has 23 heavy (non-hydrogen) atoms. The Kier molecular flexibility index (Phi) is 4.71. The van der Waals surface area contributed by atoms with Crippen LogP contribution in [-0.4, -0.2) is 16.9 Å². The molecule has 116 valence electrons. The molecule has 0 N–H and O–H groups in total. The highest BCUT2D eigenvalue weighted by Gasteiger charge is 2.17. The lowest BCUT2D eigenvalue weighted by Gasteiger charge is -2.17. The number of nitro benzene ring substituents is 1. The highest BCUT2D eigenvalue weighted by Crippen LogP contribution is 2.40. The molecule has 0 amide bonds. The van der Waals surface area contributed by atoms with Gasteiger partial charge in [0.1, 0.15) is 0 Å². The van der Waals surface area contributed by atoms with Crippen LogP contribution in [0.5, 0.6) is 0 Å². The Balaban J connectivity index is 1.87. The van der Waals surface area contributed by atoms with E-state index in [1.807, 2.05) is 18.2 Å². The van der Waals surface area contributed by atoms with Gasteiger partial charge in [0.2, 0.25) is 0 Å². The quantitative estimate of drug-likeness (QED) is 0.398. The van der Waals surface area contributed by atoms with E-state index in [4.69, 9.17) is 23.2 Å². The minimum Gasteiger partial charge on any atom is -0.258 e. The number of nitrogens with zero attached hydrogens (tertiary/aromatic N) is 2. The molecule has 3 rings (SSSR count). The van der Waals surface area contributed by atoms with E-state index in [0.717, 1.165) is 16.0 Å². The predicted molar refractivity (Wildman–Crippen MR) is 96.2 cm³/mol. The standard InChI is InChI=1S/C16H10Cl2N2O2S/c17-11-1-6-15-14(7-11)16(18)10(9-23-15)8-19-12-2-4-13(5-3-12)20(21)22/h1-8H,9H2. The average Bonchev–Trinajstić information content (AvgIpc) is 2.55. The van der Waals surface area contributed by atoms with Crippen molar-refractivity contribution < 1.29 is 4.92 Å². The Labute approximate surface area is 147 Å². The Morgan fingerprint density at radius 1 is 1.17 bits per heavy atom. The van der Waals surface area contributed by atoms with Crippen LogP contribution in [0, 0.1) is 10.1 Å². The summed E-state index contributed by atoms with van der Waals surface area (Å²) in [7, 11) is 0. The molecule has 4 nitrogen and oxygen atoms in total. The van der Waals surface area contributed by atoms with Crippen LogP contribution in [0.25, 0.3) is 5.03 Å². The first kappa shape index (κ1) is 16.1. The number of benzene rings is 2. The van der Waals surface area contributed by atoms with E-state index in [2.05, 4.69) is 4.99 Å². The summed E-state index contributed by atoms with van der Waals surface area (Å²) in [4.78, 5) is 15.6. The normalized spacial score (nSPS) is 14.2. The molecule has 0 fully saturated rings. The second kappa shape index (κ2) is 6.74. The summed E-state index contributed by atoms with van der Waals surface area (Å²) in [6, 6.07) is 11.7. The lowest BCUT2D eigenvalue weighted by atomic mass is 10.1. The molecular weight excluding hydrogens is 355 g/mol. The lowest BCUT2D eigenvalue weighted by Crippen LogP contribution is -2.00. The minimum atomic E-state index is -0.439. The largest absolute Gasteiger partial charge is 0.269 e. The second-order valence-electron chi connectivity index (χ2n) is 4.80. The van der Waals surface area contributed by atoms with E-state index < -0.39 is 4.92 Å². The van der Waals surface area contributed by atoms with E-state index in [9.17, 15) is 10.1 Å². The van der Waals surface area contributed by atoms with Crippen molar-refractivity contribution in [2.24, 2.45) is 4.99 Å². The number of hydrogen-bond donors (Lipinski definition) is 0. The van der Waals surface area contributed by atoms with E-state index in [0.29, 0.717) is 21.5 Å². The molecule has 0 radical (unpaired) electrons. The van der Waals surface area contributed by atoms with Gasteiger partial charge in [0.05, 0.1) is 15.6 Å². The molecule has 0 atom stereocenters. The fraction of sp³-hybridized carbons (Fsp3) is 0.0625. The van der Waals surface area contributed by atoms with E-state index >= 15 is 0 Å². The first-order valence-corrected chi connectivity index (χ1v) is 8.38. The lowest BCUT2D eigenvalue weighted by molar-refractivity contribution is -0.384. The Morgan fingerprint density at radius 3 is 2.61 bits per heavy atom. The zero-order valence-corrected chi connectivity index (χ0v) is 14.0. The number of hydrogen-bond acceptors (Lipinski definition) is 4. The molecule has 7 heteroatoms. The van der Waals surface area contributed by atoms with Gasteiger partial charge in [0.25, 0.3) is 5.69 Å². The number of rotatable bonds is 3. The number of nitro groups is 1. The molecule has 0 saturated carbocycles. The molecular formula is C16H10Cl2N2O2S. The van der Waals surface area contributed by atoms with E-state index in [1.165, 1.54) is 12.1 Å². The number of halogens is 2. The summed E-state index contributed by atoms with van der Waals surface area (Å²) >= 11 is 14.1. The van der Waals surface area contributed by atoms with Gasteiger partial charge in [0, 0.05) is 39.6 Å². The molecule has 0 bridgehead atoms. The fourth-order valence-electron chi connectivity index (χ4n) is 2.10. The van der Waals surface area contributed by atoms with E-state index in [1.54, 1.807) is 30.1 Å². The maximum Gasteiger partial charge on any atom is 0.269 e. The molecule has 0 saturated heterocycles. The van der Waals surface area contributed by atoms with Gasteiger partial charge in [-0.25, -0.2) is 0 Å². The van der Waals surface area contributed by atoms with Crippen LogP contribution in [0.1, 0.15) is 5.56 Å². The van der Waals surface area contributed by atoms with Gasteiger partial charge < -0.3 is 0 Å². The third kappa shape index (κ3) is 3.58. The van der Waals surface area contributed by atoms with Crippen molar-refractivity contribution in [3.05, 3.63) is 68.7 Å². The molecule has 1 heterocycles. The maximum atomic E-state index is 10.6. The van der Waals surface area contributed by atoms with Crippen molar-refractivity contribution in [1.29, 1.82) is 0 Å². The molecule has 2 aromatic rings. The Morgan fingerprint density at radius 2 is 1.91 bits per heavy atom. The second-order valence-corrected chi connectivity index (χ2v) is 6.63. The topological polar surface area (TPSA) is 55.5 Å². The van der Waals surface area contributed by atoms with Crippen molar-refractivity contribution in [1.82, 2.24) is 0 Å². The number of thioether (sulfide) groups is 1. The van der Waals surface area contributed by atoms with E-state index in [-0.39, 0.29) is 5.69 Å². The van der Waals surface area contributed by atoms with Gasteiger partial charge in [-0.2, -0.15) is 0 Å². The molecule has 1 aliphatic rings. The number of fused-ring (bicyclic) bond motifs is 1. The van der Waals surface area contributed by atoms with Gasteiger partial charge >= 0.3 is 0 Å². The first-order chi connectivity index (χ1) is 11.0. The fourth-order valence-corrected chi connectivity index (χ4v) is 3.69. The maximum absolute atomic E-state index is 10.6. The van der Waals surface area contributed by atoms with Gasteiger partial charge in [-0.15, -0.1) is 11.8 Å². The van der Waals surface area contributed by atoms with Crippen LogP contribution in [-0.2, 0) is 0 Å². The SMILES string of the molecule is O=[N+]([O-])c1ccc(N=CC2=C(Cl)c3cc(Cl)ccc3SC2)cc1. The summed E-state index contributed by atoms with van der Waals surface area (Å²) in [5, 5.41) is 11.9. The van der Waals surface area contributed by atoms with Gasteiger partial charge in [-0.3, -0.25) is 15.1 Å². The third-order valence-corrected chi connectivity index (χ3v) is 5.08. The molecule has 2 aromatic carbocycles. The number of aliphatic imine (C=N–C) groups is 1. The summed E-state index contributed by atoms with van der Waals surface area (Å²) in [6.07, 6.45) is 1.69. The summed E-state index contributed by atoms with van der Waals surface area (Å²) < 4.78 is 0. The molecule has 0 spiro atoms. The van der Waals surface area contributed by atoms with Crippen molar-refractivity contribution in [2.45, 2.75) is 4.90 Å². The van der Waals surface area contributed by atoms with Crippen LogP contribution >= 0.6 is 35.0 Å². The van der Waals surface area contributed by atoms with Crippen LogP contribution in [0.3, 0.4) is 0 Å². The summed E-state index contributed by atoms with van der Waals surface area (Å²) in [5.41, 5.74) is 2.47. The first-order valence-electron chi connectivity index (χ1n) is 6.64. The molecule has 1 aliphatic heterocycles. The minimum absolute atomic E-state index is 0.0398. The van der Waals surface area contributed by atoms with Crippen molar-refractivity contribution >= 4 is 57.6 Å². The smallest absolute Gasteiger partial charge is 0.258 e. The van der Waals surface area contributed by atoms with Crippen LogP contribution in [0.2, 0.25) is 5.02 Å². The zero-order chi connectivity index (χ0) is 16.4. The number of non-ortho nitro benzene ring substituents is 1. The predicted octanol–water partition coefficient (Wildman–Crippen LogP) is 5.71. The van der Waals surface area contributed by atoms with Gasteiger partial charge in [-0.1, -0.05) is 23.2 Å². The summed E-state index contributed by atoms with van der Waals surface area (Å²) in [5.74, 6) is 0.712. The van der Waals surface area contributed by atoms with Crippen LogP contribution < -0.4 is 0 Å².